The van der Waals surface area contributed by atoms with Gasteiger partial charge in [-0.15, -0.1) is 11.3 Å². The number of ether oxygens (including phenoxy) is 2. The van der Waals surface area contributed by atoms with E-state index in [1.807, 2.05) is 4.98 Å². The number of aromatic amines is 1. The first-order valence-electron chi connectivity index (χ1n) is 8.45. The molecule has 3 aromatic rings. The fourth-order valence-corrected chi connectivity index (χ4v) is 3.58. The van der Waals surface area contributed by atoms with Gasteiger partial charge in [-0.05, 0) is 31.2 Å². The number of aromatic nitrogens is 2. The number of nitrogens with zero attached hydrogens (tertiary/aromatic N) is 1. The number of carbonyl (C=O) groups is 1. The molecule has 0 saturated carbocycles. The Labute approximate surface area is 172 Å². The summed E-state index contributed by atoms with van der Waals surface area (Å²) < 4.78 is 49.1. The molecule has 2 heterocycles. The van der Waals surface area contributed by atoms with E-state index in [2.05, 4.69) is 10.3 Å². The van der Waals surface area contributed by atoms with Crippen molar-refractivity contribution in [3.63, 3.8) is 0 Å². The summed E-state index contributed by atoms with van der Waals surface area (Å²) in [6.45, 7) is 1.59. The number of halogens is 3. The average molecular weight is 439 g/mol. The monoisotopic (exact) mass is 439 g/mol. The molecule has 0 unspecified atom stereocenters. The number of pyridine rings is 1. The molecule has 30 heavy (non-hydrogen) atoms. The van der Waals surface area contributed by atoms with Crippen LogP contribution in [0.1, 0.15) is 20.9 Å². The van der Waals surface area contributed by atoms with Gasteiger partial charge in [0.25, 0.3) is 11.5 Å². The molecule has 0 atom stereocenters. The zero-order valence-electron chi connectivity index (χ0n) is 16.0. The predicted molar refractivity (Wildman–Crippen MR) is 105 cm³/mol. The molecule has 2 aromatic heterocycles. The lowest BCUT2D eigenvalue weighted by molar-refractivity contribution is -0.137. The molecule has 0 radical (unpaired) electrons. The molecule has 0 aliphatic carbocycles. The smallest absolute Gasteiger partial charge is 0.417 e. The highest BCUT2D eigenvalue weighted by Gasteiger charge is 2.31. The number of benzene rings is 1. The third-order valence-electron chi connectivity index (χ3n) is 4.11. The molecule has 158 valence electrons. The molecule has 1 aromatic carbocycles. The summed E-state index contributed by atoms with van der Waals surface area (Å²) in [5, 5.41) is 2.73. The fourth-order valence-electron chi connectivity index (χ4n) is 2.62. The maximum atomic E-state index is 12.9. The Morgan fingerprint density at radius 1 is 1.17 bits per heavy atom. The van der Waals surface area contributed by atoms with Gasteiger partial charge in [-0.1, -0.05) is 0 Å². The number of alkyl halides is 3. The second-order valence-electron chi connectivity index (χ2n) is 6.09. The van der Waals surface area contributed by atoms with E-state index in [-0.39, 0.29) is 4.88 Å². The number of thiazole rings is 1. The number of aryl methyl sites for hydroxylation is 1. The van der Waals surface area contributed by atoms with Gasteiger partial charge in [0, 0.05) is 11.8 Å². The molecule has 0 aliphatic heterocycles. The van der Waals surface area contributed by atoms with Gasteiger partial charge in [0.1, 0.15) is 15.6 Å². The Kier molecular flexibility index (Phi) is 5.83. The average Bonchev–Trinajstić information content (AvgIpc) is 3.10. The minimum atomic E-state index is -4.66. The molecule has 7 nitrogen and oxygen atoms in total. The van der Waals surface area contributed by atoms with E-state index in [9.17, 15) is 22.8 Å². The molecule has 0 bridgehead atoms. The minimum absolute atomic E-state index is 0.164. The molecule has 1 amide bonds. The zero-order valence-corrected chi connectivity index (χ0v) is 16.8. The van der Waals surface area contributed by atoms with Gasteiger partial charge in [0.05, 0.1) is 25.5 Å². The number of amides is 1. The number of hydrogen-bond acceptors (Lipinski definition) is 6. The van der Waals surface area contributed by atoms with Gasteiger partial charge in [-0.25, -0.2) is 4.98 Å². The van der Waals surface area contributed by atoms with Crippen molar-refractivity contribution in [3.05, 3.63) is 57.0 Å². The van der Waals surface area contributed by atoms with E-state index in [1.54, 1.807) is 25.1 Å². The summed E-state index contributed by atoms with van der Waals surface area (Å²) >= 11 is 1.03. The van der Waals surface area contributed by atoms with E-state index in [0.717, 1.165) is 11.3 Å². The second-order valence-corrected chi connectivity index (χ2v) is 7.09. The zero-order chi connectivity index (χ0) is 22.1. The van der Waals surface area contributed by atoms with Crippen molar-refractivity contribution in [2.24, 2.45) is 0 Å². The van der Waals surface area contributed by atoms with Crippen molar-refractivity contribution in [1.82, 2.24) is 9.97 Å². The Bertz CT molecular complexity index is 1150. The summed E-state index contributed by atoms with van der Waals surface area (Å²) in [6.07, 6.45) is -4.12. The number of rotatable bonds is 5. The van der Waals surface area contributed by atoms with Crippen molar-refractivity contribution >= 4 is 22.9 Å². The van der Waals surface area contributed by atoms with Crippen LogP contribution in [0.25, 0.3) is 10.6 Å². The molecule has 0 aliphatic rings. The Balaban J connectivity index is 1.91. The molecule has 0 saturated heterocycles. The molecular formula is C19H16F3N3O4S. The second kappa shape index (κ2) is 8.19. The molecule has 3 rings (SSSR count). The van der Waals surface area contributed by atoms with E-state index in [0.29, 0.717) is 40.0 Å². The highest BCUT2D eigenvalue weighted by molar-refractivity contribution is 7.17. The molecule has 2 N–H and O–H groups in total. The summed E-state index contributed by atoms with van der Waals surface area (Å²) in [6, 6.07) is 5.70. The van der Waals surface area contributed by atoms with Gasteiger partial charge in [-0.3, -0.25) is 9.59 Å². The molecule has 0 spiro atoms. The standard InChI is InChI=1S/C19H16F3N3O4S/c1-9-15(17(27)25-12-7-11(19(20,21)22)8-23-16(12)26)30-18(24-9)10-4-5-13(28-2)14(6-10)29-3/h4-8H,1-3H3,(H,23,26)(H,25,27). The lowest BCUT2D eigenvalue weighted by Crippen LogP contribution is -2.21. The van der Waals surface area contributed by atoms with Crippen molar-refractivity contribution in [3.8, 4) is 22.1 Å². The Morgan fingerprint density at radius 3 is 2.50 bits per heavy atom. The molecular weight excluding hydrogens is 423 g/mol. The lowest BCUT2D eigenvalue weighted by atomic mass is 10.2. The van der Waals surface area contributed by atoms with Gasteiger partial charge in [-0.2, -0.15) is 13.2 Å². The normalized spacial score (nSPS) is 11.3. The Hall–Kier alpha value is -3.34. The van der Waals surface area contributed by atoms with Crippen molar-refractivity contribution in [2.75, 3.05) is 19.5 Å². The third kappa shape index (κ3) is 4.30. The third-order valence-corrected chi connectivity index (χ3v) is 5.32. The number of nitrogens with one attached hydrogen (secondary N) is 2. The van der Waals surface area contributed by atoms with Crippen LogP contribution in [-0.2, 0) is 6.18 Å². The Morgan fingerprint density at radius 2 is 1.87 bits per heavy atom. The first-order valence-corrected chi connectivity index (χ1v) is 9.26. The maximum Gasteiger partial charge on any atom is 0.417 e. The SMILES string of the molecule is COc1ccc(-c2nc(C)c(C(=O)Nc3cc(C(F)(F)F)c[nH]c3=O)s2)cc1OC. The minimum Gasteiger partial charge on any atom is -0.493 e. The van der Waals surface area contributed by atoms with Crippen LogP contribution in [0.2, 0.25) is 0 Å². The number of H-pyrrole nitrogens is 1. The van der Waals surface area contributed by atoms with Gasteiger partial charge < -0.3 is 19.8 Å². The number of methoxy groups -OCH3 is 2. The summed E-state index contributed by atoms with van der Waals surface area (Å²) in [7, 11) is 2.99. The summed E-state index contributed by atoms with van der Waals surface area (Å²) in [5.41, 5.74) is -1.40. The first-order chi connectivity index (χ1) is 14.1. The fraction of sp³-hybridized carbons (Fsp3) is 0.211. The van der Waals surface area contributed by atoms with Crippen LogP contribution in [0.5, 0.6) is 11.5 Å². The van der Waals surface area contributed by atoms with Crippen molar-refractivity contribution in [1.29, 1.82) is 0 Å². The van der Waals surface area contributed by atoms with Gasteiger partial charge >= 0.3 is 6.18 Å². The number of carbonyl (C=O) groups excluding carboxylic acids is 1. The van der Waals surface area contributed by atoms with Crippen LogP contribution >= 0.6 is 11.3 Å². The van der Waals surface area contributed by atoms with Crippen LogP contribution < -0.4 is 20.3 Å². The summed E-state index contributed by atoms with van der Waals surface area (Å²) in [4.78, 5) is 30.9. The van der Waals surface area contributed by atoms with Crippen molar-refractivity contribution < 1.29 is 27.4 Å². The van der Waals surface area contributed by atoms with Crippen LogP contribution in [0.15, 0.2) is 35.3 Å². The van der Waals surface area contributed by atoms with E-state index in [1.165, 1.54) is 14.2 Å². The van der Waals surface area contributed by atoms with E-state index in [4.69, 9.17) is 9.47 Å². The maximum absolute atomic E-state index is 12.9. The van der Waals surface area contributed by atoms with Gasteiger partial charge in [0.2, 0.25) is 0 Å². The largest absolute Gasteiger partial charge is 0.493 e. The van der Waals surface area contributed by atoms with E-state index < -0.39 is 28.9 Å². The van der Waals surface area contributed by atoms with Crippen molar-refractivity contribution in [2.45, 2.75) is 13.1 Å². The van der Waals surface area contributed by atoms with Gasteiger partial charge in [0.15, 0.2) is 11.5 Å². The highest BCUT2D eigenvalue weighted by atomic mass is 32.1. The highest BCUT2D eigenvalue weighted by Crippen LogP contribution is 2.35. The number of anilines is 1. The summed E-state index contributed by atoms with van der Waals surface area (Å²) in [5.74, 6) is 0.266. The molecule has 11 heteroatoms. The van der Waals surface area contributed by atoms with Crippen LogP contribution in [0, 0.1) is 6.92 Å². The van der Waals surface area contributed by atoms with Crippen LogP contribution in [-0.4, -0.2) is 30.1 Å². The lowest BCUT2D eigenvalue weighted by Gasteiger charge is -2.09. The predicted octanol–water partition coefficient (Wildman–Crippen LogP) is 4.10. The van der Waals surface area contributed by atoms with E-state index >= 15 is 0 Å². The van der Waals surface area contributed by atoms with Crippen LogP contribution in [0.3, 0.4) is 0 Å². The number of hydrogen-bond donors (Lipinski definition) is 2. The first kappa shape index (κ1) is 21.4. The molecule has 0 fully saturated rings. The topological polar surface area (TPSA) is 93.3 Å². The van der Waals surface area contributed by atoms with Crippen LogP contribution in [0.4, 0.5) is 18.9 Å². The quantitative estimate of drug-likeness (QED) is 0.625.